The highest BCUT2D eigenvalue weighted by molar-refractivity contribution is 6.12. The molecule has 1 aromatic heterocycles. The zero-order valence-electron chi connectivity index (χ0n) is 12.1. The van der Waals surface area contributed by atoms with Crippen LogP contribution < -0.4 is 4.74 Å². The van der Waals surface area contributed by atoms with E-state index in [1.165, 1.54) is 0 Å². The zero-order valence-corrected chi connectivity index (χ0v) is 12.1. The van der Waals surface area contributed by atoms with Crippen LogP contribution in [-0.4, -0.2) is 30.2 Å². The zero-order chi connectivity index (χ0) is 14.3. The van der Waals surface area contributed by atoms with Crippen molar-refractivity contribution in [1.82, 2.24) is 4.57 Å². The van der Waals surface area contributed by atoms with Crippen LogP contribution in [-0.2, 0) is 11.8 Å². The Bertz CT molecular complexity index is 659. The number of fused-ring (bicyclic) bond motifs is 1. The minimum Gasteiger partial charge on any atom is -0.496 e. The molecule has 2 unspecified atom stereocenters. The number of nitrogens with zero attached hydrogens (tertiary/aromatic N) is 1. The van der Waals surface area contributed by atoms with Gasteiger partial charge >= 0.3 is 0 Å². The van der Waals surface area contributed by atoms with Crippen molar-refractivity contribution in [2.45, 2.75) is 19.4 Å². The third-order valence-corrected chi connectivity index (χ3v) is 4.11. The highest BCUT2D eigenvalue weighted by atomic mass is 16.5. The summed E-state index contributed by atoms with van der Waals surface area (Å²) >= 11 is 0. The normalized spacial score (nSPS) is 22.4. The molecule has 0 amide bonds. The molecule has 20 heavy (non-hydrogen) atoms. The van der Waals surface area contributed by atoms with Gasteiger partial charge in [0, 0.05) is 25.4 Å². The van der Waals surface area contributed by atoms with Gasteiger partial charge in [-0.3, -0.25) is 4.79 Å². The van der Waals surface area contributed by atoms with Crippen LogP contribution in [0, 0.1) is 5.92 Å². The van der Waals surface area contributed by atoms with Gasteiger partial charge in [0.1, 0.15) is 11.9 Å². The van der Waals surface area contributed by atoms with Gasteiger partial charge in [0.15, 0.2) is 5.78 Å². The Hall–Kier alpha value is -1.81. The van der Waals surface area contributed by atoms with E-state index in [4.69, 9.17) is 9.47 Å². The van der Waals surface area contributed by atoms with E-state index in [0.717, 1.165) is 23.1 Å². The number of Topliss-reactive ketones (excluding diaryl/α,β-unsaturated/α-hetero) is 1. The summed E-state index contributed by atoms with van der Waals surface area (Å²) in [6.45, 7) is 2.73. The molecule has 4 nitrogen and oxygen atoms in total. The first-order valence-electron chi connectivity index (χ1n) is 6.91. The lowest BCUT2D eigenvalue weighted by molar-refractivity contribution is 0.0581. The van der Waals surface area contributed by atoms with E-state index in [1.807, 2.05) is 36.0 Å². The molecule has 0 spiro atoms. The second-order valence-corrected chi connectivity index (χ2v) is 5.43. The maximum atomic E-state index is 12.8. The first-order chi connectivity index (χ1) is 9.63. The van der Waals surface area contributed by atoms with Crippen LogP contribution in [0.5, 0.6) is 5.75 Å². The van der Waals surface area contributed by atoms with E-state index in [2.05, 4.69) is 6.92 Å². The minimum absolute atomic E-state index is 0.0603. The highest BCUT2D eigenvalue weighted by Crippen LogP contribution is 2.33. The molecule has 2 atom stereocenters. The number of carbonyl (C=O) groups is 1. The van der Waals surface area contributed by atoms with Crippen molar-refractivity contribution in [3.8, 4) is 5.75 Å². The number of aryl methyl sites for hydroxylation is 1. The van der Waals surface area contributed by atoms with Crippen molar-refractivity contribution in [3.63, 3.8) is 0 Å². The Morgan fingerprint density at radius 3 is 2.90 bits per heavy atom. The van der Waals surface area contributed by atoms with E-state index in [-0.39, 0.29) is 17.8 Å². The molecule has 0 N–H and O–H groups in total. The van der Waals surface area contributed by atoms with Gasteiger partial charge in [-0.1, -0.05) is 13.0 Å². The largest absolute Gasteiger partial charge is 0.496 e. The lowest BCUT2D eigenvalue weighted by Crippen LogP contribution is -2.25. The monoisotopic (exact) mass is 273 g/mol. The number of ketones is 1. The molecule has 0 aliphatic carbocycles. The molecule has 1 fully saturated rings. The van der Waals surface area contributed by atoms with Gasteiger partial charge in [-0.2, -0.15) is 0 Å². The Kier molecular flexibility index (Phi) is 3.26. The summed E-state index contributed by atoms with van der Waals surface area (Å²) in [5.74, 6) is 1.06. The summed E-state index contributed by atoms with van der Waals surface area (Å²) in [4.78, 5) is 12.8. The van der Waals surface area contributed by atoms with Crippen LogP contribution in [0.15, 0.2) is 24.4 Å². The first kappa shape index (κ1) is 13.2. The molecular formula is C16H19NO3. The third-order valence-electron chi connectivity index (χ3n) is 4.11. The van der Waals surface area contributed by atoms with Crippen LogP contribution >= 0.6 is 0 Å². The number of ether oxygens (including phenoxy) is 2. The molecule has 0 bridgehead atoms. The topological polar surface area (TPSA) is 40.5 Å². The number of carbonyl (C=O) groups excluding carboxylic acids is 1. The number of rotatable bonds is 3. The fourth-order valence-electron chi connectivity index (χ4n) is 2.95. The summed E-state index contributed by atoms with van der Waals surface area (Å²) in [5.41, 5.74) is 1.69. The van der Waals surface area contributed by atoms with E-state index >= 15 is 0 Å². The van der Waals surface area contributed by atoms with Crippen molar-refractivity contribution in [3.05, 3.63) is 30.0 Å². The molecule has 1 aliphatic heterocycles. The molecule has 2 heterocycles. The molecule has 1 aromatic carbocycles. The predicted octanol–water partition coefficient (Wildman–Crippen LogP) is 2.79. The number of hydrogen-bond acceptors (Lipinski definition) is 3. The van der Waals surface area contributed by atoms with Gasteiger partial charge in [-0.25, -0.2) is 0 Å². The standard InChI is InChI=1S/C16H19NO3/c1-10-7-8-20-16(10)15(18)11-9-17(2)12-5-4-6-13(19-3)14(11)12/h4-6,9-10,16H,7-8H2,1-3H3. The van der Waals surface area contributed by atoms with Gasteiger partial charge in [-0.05, 0) is 24.5 Å². The van der Waals surface area contributed by atoms with E-state index in [9.17, 15) is 4.79 Å². The van der Waals surface area contributed by atoms with Crippen LogP contribution in [0.1, 0.15) is 23.7 Å². The number of aromatic nitrogens is 1. The van der Waals surface area contributed by atoms with Gasteiger partial charge in [0.2, 0.25) is 0 Å². The van der Waals surface area contributed by atoms with E-state index in [1.54, 1.807) is 7.11 Å². The Morgan fingerprint density at radius 2 is 2.25 bits per heavy atom. The molecule has 4 heteroatoms. The predicted molar refractivity (Wildman–Crippen MR) is 77.3 cm³/mol. The van der Waals surface area contributed by atoms with Crippen molar-refractivity contribution in [2.24, 2.45) is 13.0 Å². The van der Waals surface area contributed by atoms with Crippen LogP contribution in [0.2, 0.25) is 0 Å². The summed E-state index contributed by atoms with van der Waals surface area (Å²) in [7, 11) is 3.57. The van der Waals surface area contributed by atoms with Crippen LogP contribution in [0.4, 0.5) is 0 Å². The average Bonchev–Trinajstić information content (AvgIpc) is 3.02. The second kappa shape index (κ2) is 4.94. The Morgan fingerprint density at radius 1 is 1.45 bits per heavy atom. The Labute approximate surface area is 118 Å². The molecule has 0 radical (unpaired) electrons. The van der Waals surface area contributed by atoms with Gasteiger partial charge < -0.3 is 14.0 Å². The fraction of sp³-hybridized carbons (Fsp3) is 0.438. The summed E-state index contributed by atoms with van der Waals surface area (Å²) in [5, 5.41) is 0.880. The highest BCUT2D eigenvalue weighted by Gasteiger charge is 2.33. The molecular weight excluding hydrogens is 254 g/mol. The number of benzene rings is 1. The van der Waals surface area contributed by atoms with Crippen molar-refractivity contribution in [1.29, 1.82) is 0 Å². The maximum Gasteiger partial charge on any atom is 0.194 e. The summed E-state index contributed by atoms with van der Waals surface area (Å²) < 4.78 is 13.0. The van der Waals surface area contributed by atoms with Gasteiger partial charge in [0.05, 0.1) is 18.0 Å². The summed E-state index contributed by atoms with van der Waals surface area (Å²) in [6.07, 6.45) is 2.49. The lowest BCUT2D eigenvalue weighted by Gasteiger charge is -2.13. The van der Waals surface area contributed by atoms with Crippen LogP contribution in [0.3, 0.4) is 0 Å². The molecule has 1 aliphatic rings. The van der Waals surface area contributed by atoms with Gasteiger partial charge in [0.25, 0.3) is 0 Å². The third kappa shape index (κ3) is 1.91. The number of methoxy groups -OCH3 is 1. The van der Waals surface area contributed by atoms with Crippen molar-refractivity contribution < 1.29 is 14.3 Å². The maximum absolute atomic E-state index is 12.8. The molecule has 2 aromatic rings. The minimum atomic E-state index is -0.328. The average molecular weight is 273 g/mol. The quantitative estimate of drug-likeness (QED) is 0.807. The number of hydrogen-bond donors (Lipinski definition) is 0. The van der Waals surface area contributed by atoms with E-state index < -0.39 is 0 Å². The molecule has 0 saturated carbocycles. The van der Waals surface area contributed by atoms with Crippen molar-refractivity contribution in [2.75, 3.05) is 13.7 Å². The van der Waals surface area contributed by atoms with Crippen molar-refractivity contribution >= 4 is 16.7 Å². The SMILES string of the molecule is COc1cccc2c1c(C(=O)C1OCCC1C)cn2C. The summed E-state index contributed by atoms with van der Waals surface area (Å²) in [6, 6.07) is 5.82. The lowest BCUT2D eigenvalue weighted by atomic mass is 9.96. The smallest absolute Gasteiger partial charge is 0.194 e. The first-order valence-corrected chi connectivity index (χ1v) is 6.91. The Balaban J connectivity index is 2.14. The molecule has 106 valence electrons. The fourth-order valence-corrected chi connectivity index (χ4v) is 2.95. The van der Waals surface area contributed by atoms with Crippen LogP contribution in [0.25, 0.3) is 10.9 Å². The molecule has 3 rings (SSSR count). The van der Waals surface area contributed by atoms with E-state index in [0.29, 0.717) is 12.2 Å². The second-order valence-electron chi connectivity index (χ2n) is 5.43. The molecule has 1 saturated heterocycles. The van der Waals surface area contributed by atoms with Gasteiger partial charge in [-0.15, -0.1) is 0 Å².